The zero-order chi connectivity index (χ0) is 22.5. The fraction of sp³-hybridized carbons (Fsp3) is 0.261. The molecule has 0 aliphatic carbocycles. The molecule has 0 atom stereocenters. The quantitative estimate of drug-likeness (QED) is 0.439. The van der Waals surface area contributed by atoms with Crippen molar-refractivity contribution in [1.29, 1.82) is 0 Å². The molecule has 0 spiro atoms. The molecule has 1 aliphatic heterocycles. The number of halogens is 3. The van der Waals surface area contributed by atoms with Crippen molar-refractivity contribution >= 4 is 17.0 Å². The van der Waals surface area contributed by atoms with Crippen LogP contribution in [-0.4, -0.2) is 34.0 Å². The molecular weight excluding hydrogens is 423 g/mol. The Morgan fingerprint density at radius 1 is 1.19 bits per heavy atom. The lowest BCUT2D eigenvalue weighted by Gasteiger charge is -2.39. The monoisotopic (exact) mass is 441 g/mol. The Kier molecular flexibility index (Phi) is 4.76. The summed E-state index contributed by atoms with van der Waals surface area (Å²) in [6, 6.07) is 10.1. The van der Waals surface area contributed by atoms with Crippen LogP contribution < -0.4 is 0 Å². The van der Waals surface area contributed by atoms with Gasteiger partial charge in [0.25, 0.3) is 11.6 Å². The molecule has 9 heteroatoms. The normalized spacial score (nSPS) is 14.7. The number of nitrogens with zero attached hydrogens (tertiary/aromatic N) is 3. The van der Waals surface area contributed by atoms with E-state index >= 15 is 0 Å². The Morgan fingerprint density at radius 3 is 2.72 bits per heavy atom. The number of amides is 1. The van der Waals surface area contributed by atoms with E-state index in [2.05, 4.69) is 10.1 Å². The predicted octanol–water partition coefficient (Wildman–Crippen LogP) is 5.12. The fourth-order valence-corrected chi connectivity index (χ4v) is 4.01. The van der Waals surface area contributed by atoms with Crippen molar-refractivity contribution in [3.05, 3.63) is 71.3 Å². The Hall–Kier alpha value is -3.62. The van der Waals surface area contributed by atoms with Crippen LogP contribution in [0.15, 0.2) is 57.7 Å². The van der Waals surface area contributed by atoms with Gasteiger partial charge in [-0.15, -0.1) is 0 Å². The van der Waals surface area contributed by atoms with Crippen molar-refractivity contribution in [3.63, 3.8) is 0 Å². The van der Waals surface area contributed by atoms with E-state index in [1.54, 1.807) is 18.1 Å². The van der Waals surface area contributed by atoms with Crippen LogP contribution in [-0.2, 0) is 12.6 Å². The Morgan fingerprint density at radius 2 is 2.00 bits per heavy atom. The van der Waals surface area contributed by atoms with Gasteiger partial charge in [0, 0.05) is 31.0 Å². The number of benzene rings is 1. The van der Waals surface area contributed by atoms with Gasteiger partial charge in [0.05, 0.1) is 34.2 Å². The Balaban J connectivity index is 1.47. The molecule has 5 rings (SSSR count). The van der Waals surface area contributed by atoms with Gasteiger partial charge in [-0.1, -0.05) is 17.3 Å². The number of carbonyl (C=O) groups excluding carboxylic acids is 1. The van der Waals surface area contributed by atoms with Gasteiger partial charge < -0.3 is 13.8 Å². The van der Waals surface area contributed by atoms with Crippen molar-refractivity contribution in [2.24, 2.45) is 5.92 Å². The van der Waals surface area contributed by atoms with Crippen molar-refractivity contribution < 1.29 is 26.9 Å². The highest BCUT2D eigenvalue weighted by molar-refractivity contribution is 6.07. The van der Waals surface area contributed by atoms with Crippen molar-refractivity contribution in [1.82, 2.24) is 15.0 Å². The number of rotatable bonds is 4. The number of alkyl halides is 3. The Bertz CT molecular complexity index is 1290. The van der Waals surface area contributed by atoms with Crippen LogP contribution >= 0.6 is 0 Å². The number of aryl methyl sites for hydroxylation is 1. The van der Waals surface area contributed by atoms with Gasteiger partial charge in [0.15, 0.2) is 0 Å². The molecule has 0 N–H and O–H groups in total. The number of likely N-dealkylation sites (tertiary alicyclic amines) is 1. The van der Waals surface area contributed by atoms with Gasteiger partial charge in [-0.3, -0.25) is 4.79 Å². The number of hydrogen-bond donors (Lipinski definition) is 0. The van der Waals surface area contributed by atoms with Crippen molar-refractivity contribution in [3.8, 4) is 11.3 Å². The number of furan rings is 1. The summed E-state index contributed by atoms with van der Waals surface area (Å²) in [6.45, 7) is 2.82. The van der Waals surface area contributed by atoms with E-state index in [0.29, 0.717) is 29.7 Å². The molecule has 164 valence electrons. The minimum absolute atomic E-state index is 0.119. The largest absolute Gasteiger partial charge is 0.469 e. The SMILES string of the molecule is Cc1noc2nc(-c3cccc(C(F)(F)F)c3)cc(C(=O)N3CC(Cc4ccco4)C3)c12. The molecule has 4 aromatic rings. The van der Waals surface area contributed by atoms with Crippen LogP contribution in [0.5, 0.6) is 0 Å². The van der Waals surface area contributed by atoms with Gasteiger partial charge >= 0.3 is 6.18 Å². The maximum atomic E-state index is 13.3. The van der Waals surface area contributed by atoms with Gasteiger partial charge in [-0.2, -0.15) is 13.2 Å². The lowest BCUT2D eigenvalue weighted by molar-refractivity contribution is -0.137. The van der Waals surface area contributed by atoms with E-state index in [9.17, 15) is 18.0 Å². The standard InChI is InChI=1S/C23H18F3N3O3/c1-13-20-18(22(30)29-11-14(12-29)8-17-6-3-7-31-17)10-19(27-21(20)32-28-13)15-4-2-5-16(9-15)23(24,25)26/h2-7,9-10,14H,8,11-12H2,1H3. The maximum absolute atomic E-state index is 13.3. The highest BCUT2D eigenvalue weighted by atomic mass is 19.4. The van der Waals surface area contributed by atoms with Crippen LogP contribution in [0.2, 0.25) is 0 Å². The van der Waals surface area contributed by atoms with Crippen LogP contribution in [0, 0.1) is 12.8 Å². The minimum Gasteiger partial charge on any atom is -0.469 e. The maximum Gasteiger partial charge on any atom is 0.416 e. The van der Waals surface area contributed by atoms with Gasteiger partial charge in [0.1, 0.15) is 5.76 Å². The summed E-state index contributed by atoms with van der Waals surface area (Å²) in [7, 11) is 0. The first-order valence-electron chi connectivity index (χ1n) is 10.1. The molecule has 0 bridgehead atoms. The summed E-state index contributed by atoms with van der Waals surface area (Å²) in [6.07, 6.45) is -2.12. The van der Waals surface area contributed by atoms with Gasteiger partial charge in [-0.05, 0) is 37.3 Å². The number of hydrogen-bond acceptors (Lipinski definition) is 5. The third-order valence-electron chi connectivity index (χ3n) is 5.65. The summed E-state index contributed by atoms with van der Waals surface area (Å²) in [4.78, 5) is 19.3. The smallest absolute Gasteiger partial charge is 0.416 e. The van der Waals surface area contributed by atoms with E-state index in [4.69, 9.17) is 8.94 Å². The summed E-state index contributed by atoms with van der Waals surface area (Å²) >= 11 is 0. The van der Waals surface area contributed by atoms with Crippen molar-refractivity contribution in [2.45, 2.75) is 19.5 Å². The third kappa shape index (κ3) is 3.63. The second-order valence-electron chi connectivity index (χ2n) is 7.94. The number of aromatic nitrogens is 2. The molecule has 0 saturated carbocycles. The molecule has 0 radical (unpaired) electrons. The molecular formula is C23H18F3N3O3. The summed E-state index contributed by atoms with van der Waals surface area (Å²) in [5.74, 6) is 0.927. The second-order valence-corrected chi connectivity index (χ2v) is 7.94. The summed E-state index contributed by atoms with van der Waals surface area (Å²) in [5.41, 5.74) is 0.604. The lowest BCUT2D eigenvalue weighted by Crippen LogP contribution is -2.50. The van der Waals surface area contributed by atoms with Gasteiger partial charge in [0.2, 0.25) is 0 Å². The molecule has 32 heavy (non-hydrogen) atoms. The predicted molar refractivity (Wildman–Crippen MR) is 109 cm³/mol. The van der Waals surface area contributed by atoms with E-state index in [1.165, 1.54) is 18.2 Å². The van der Waals surface area contributed by atoms with E-state index in [-0.39, 0.29) is 28.8 Å². The topological polar surface area (TPSA) is 72.4 Å². The fourth-order valence-electron chi connectivity index (χ4n) is 4.01. The summed E-state index contributed by atoms with van der Waals surface area (Å²) in [5, 5.41) is 4.37. The first kappa shape index (κ1) is 20.3. The zero-order valence-corrected chi connectivity index (χ0v) is 17.0. The number of fused-ring (bicyclic) bond motifs is 1. The molecule has 1 amide bonds. The zero-order valence-electron chi connectivity index (χ0n) is 17.0. The molecule has 1 fully saturated rings. The Labute approximate surface area is 180 Å². The average molecular weight is 441 g/mol. The van der Waals surface area contributed by atoms with Crippen LogP contribution in [0.4, 0.5) is 13.2 Å². The molecule has 1 saturated heterocycles. The number of carbonyl (C=O) groups is 1. The molecule has 0 unspecified atom stereocenters. The van der Waals surface area contributed by atoms with E-state index in [0.717, 1.165) is 24.3 Å². The number of pyridine rings is 1. The molecule has 1 aromatic carbocycles. The van der Waals surface area contributed by atoms with Crippen LogP contribution in [0.25, 0.3) is 22.4 Å². The first-order valence-corrected chi connectivity index (χ1v) is 10.1. The van der Waals surface area contributed by atoms with E-state index in [1.807, 2.05) is 12.1 Å². The molecule has 6 nitrogen and oxygen atoms in total. The van der Waals surface area contributed by atoms with Gasteiger partial charge in [-0.25, -0.2) is 4.98 Å². The second kappa shape index (κ2) is 7.51. The molecule has 1 aliphatic rings. The molecule has 3 aromatic heterocycles. The van der Waals surface area contributed by atoms with Crippen molar-refractivity contribution in [2.75, 3.05) is 13.1 Å². The highest BCUT2D eigenvalue weighted by Crippen LogP contribution is 2.34. The molecule has 4 heterocycles. The third-order valence-corrected chi connectivity index (χ3v) is 5.65. The van der Waals surface area contributed by atoms with E-state index < -0.39 is 11.7 Å². The first-order chi connectivity index (χ1) is 15.3. The summed E-state index contributed by atoms with van der Waals surface area (Å²) < 4.78 is 50.1. The van der Waals surface area contributed by atoms with Crippen LogP contribution in [0.3, 0.4) is 0 Å². The highest BCUT2D eigenvalue weighted by Gasteiger charge is 2.34. The van der Waals surface area contributed by atoms with Crippen LogP contribution in [0.1, 0.15) is 27.4 Å². The minimum atomic E-state index is -4.48. The lowest BCUT2D eigenvalue weighted by atomic mass is 9.93. The average Bonchev–Trinajstić information content (AvgIpc) is 3.39.